The van der Waals surface area contributed by atoms with Crippen molar-refractivity contribution < 1.29 is 4.79 Å². The summed E-state index contributed by atoms with van der Waals surface area (Å²) in [5.41, 5.74) is 6.59. The Morgan fingerprint density at radius 2 is 2.14 bits per heavy atom. The van der Waals surface area contributed by atoms with E-state index in [-0.39, 0.29) is 11.9 Å². The Morgan fingerprint density at radius 1 is 1.57 bits per heavy atom. The highest BCUT2D eigenvalue weighted by Gasteiger charge is 2.12. The fourth-order valence-corrected chi connectivity index (χ4v) is 0.951. The van der Waals surface area contributed by atoms with E-state index in [0.717, 1.165) is 5.57 Å². The smallest absolute Gasteiger partial charge is 0.223 e. The molecule has 0 aliphatic carbocycles. The maximum absolute atomic E-state index is 11.4. The molecule has 0 aliphatic rings. The van der Waals surface area contributed by atoms with Crippen molar-refractivity contribution in [3.63, 3.8) is 0 Å². The van der Waals surface area contributed by atoms with Crippen molar-refractivity contribution >= 4 is 5.91 Å². The Labute approximate surface area is 86.1 Å². The topological polar surface area (TPSA) is 58.4 Å². The normalized spacial score (nSPS) is 12.3. The molecule has 4 nitrogen and oxygen atoms in total. The molecular weight excluding hydrogens is 178 g/mol. The van der Waals surface area contributed by atoms with Gasteiger partial charge in [0.15, 0.2) is 0 Å². The van der Waals surface area contributed by atoms with Crippen LogP contribution in [0.15, 0.2) is 12.2 Å². The number of carbonyl (C=O) groups is 1. The van der Waals surface area contributed by atoms with Gasteiger partial charge in [0.2, 0.25) is 5.91 Å². The molecule has 0 aliphatic heterocycles. The minimum atomic E-state index is 0.0431. The van der Waals surface area contributed by atoms with E-state index in [2.05, 4.69) is 11.9 Å². The van der Waals surface area contributed by atoms with Crippen molar-refractivity contribution in [1.82, 2.24) is 10.2 Å². The van der Waals surface area contributed by atoms with Crippen molar-refractivity contribution in [3.05, 3.63) is 12.2 Å². The SMILES string of the molecule is C=C(C)CNC(CN)CC(=O)N(C)C. The molecule has 0 aromatic heterocycles. The fourth-order valence-electron chi connectivity index (χ4n) is 0.951. The molecule has 82 valence electrons. The van der Waals surface area contributed by atoms with E-state index in [9.17, 15) is 4.79 Å². The number of nitrogens with zero attached hydrogens (tertiary/aromatic N) is 1. The third-order valence-electron chi connectivity index (χ3n) is 1.90. The molecule has 1 atom stereocenters. The summed E-state index contributed by atoms with van der Waals surface area (Å²) in [5.74, 6) is 0.0923. The first-order valence-corrected chi connectivity index (χ1v) is 4.75. The van der Waals surface area contributed by atoms with Crippen LogP contribution in [0.25, 0.3) is 0 Å². The van der Waals surface area contributed by atoms with Crippen LogP contribution in [0.3, 0.4) is 0 Å². The fraction of sp³-hybridized carbons (Fsp3) is 0.700. The predicted octanol–water partition coefficient (Wildman–Crippen LogP) is -0.0423. The van der Waals surface area contributed by atoms with Gasteiger partial charge in [-0.25, -0.2) is 0 Å². The van der Waals surface area contributed by atoms with Crippen LogP contribution in [-0.2, 0) is 4.79 Å². The van der Waals surface area contributed by atoms with Gasteiger partial charge in [-0.2, -0.15) is 0 Å². The van der Waals surface area contributed by atoms with Gasteiger partial charge in [-0.3, -0.25) is 4.79 Å². The molecule has 4 heteroatoms. The highest BCUT2D eigenvalue weighted by Crippen LogP contribution is 1.95. The van der Waals surface area contributed by atoms with Gasteiger partial charge in [0.1, 0.15) is 0 Å². The first-order valence-electron chi connectivity index (χ1n) is 4.75. The Bertz CT molecular complexity index is 202. The van der Waals surface area contributed by atoms with Crippen LogP contribution in [0.4, 0.5) is 0 Å². The number of nitrogens with one attached hydrogen (secondary N) is 1. The summed E-state index contributed by atoms with van der Waals surface area (Å²) in [4.78, 5) is 12.9. The molecule has 14 heavy (non-hydrogen) atoms. The van der Waals surface area contributed by atoms with Gasteiger partial charge < -0.3 is 16.0 Å². The summed E-state index contributed by atoms with van der Waals surface area (Å²) in [5, 5.41) is 3.18. The summed E-state index contributed by atoms with van der Waals surface area (Å²) in [6.45, 7) is 6.89. The van der Waals surface area contributed by atoms with Gasteiger partial charge in [0, 0.05) is 39.6 Å². The highest BCUT2D eigenvalue weighted by atomic mass is 16.2. The quantitative estimate of drug-likeness (QED) is 0.590. The van der Waals surface area contributed by atoms with Crippen molar-refractivity contribution in [1.29, 1.82) is 0 Å². The van der Waals surface area contributed by atoms with Crippen molar-refractivity contribution in [2.24, 2.45) is 5.73 Å². The summed E-state index contributed by atoms with van der Waals surface area (Å²) < 4.78 is 0. The van der Waals surface area contributed by atoms with E-state index in [1.807, 2.05) is 6.92 Å². The predicted molar refractivity (Wildman–Crippen MR) is 59.0 cm³/mol. The van der Waals surface area contributed by atoms with Gasteiger partial charge >= 0.3 is 0 Å². The van der Waals surface area contributed by atoms with E-state index in [1.165, 1.54) is 0 Å². The first-order chi connectivity index (χ1) is 6.47. The van der Waals surface area contributed by atoms with Crippen LogP contribution in [-0.4, -0.2) is 44.0 Å². The molecule has 1 unspecified atom stereocenters. The van der Waals surface area contributed by atoms with Crippen LogP contribution >= 0.6 is 0 Å². The average Bonchev–Trinajstić information content (AvgIpc) is 2.11. The van der Waals surface area contributed by atoms with E-state index >= 15 is 0 Å². The molecule has 0 aromatic rings. The second kappa shape index (κ2) is 6.56. The van der Waals surface area contributed by atoms with Crippen LogP contribution in [0.2, 0.25) is 0 Å². The minimum absolute atomic E-state index is 0.0431. The third kappa shape index (κ3) is 5.72. The summed E-state index contributed by atoms with van der Waals surface area (Å²) in [6.07, 6.45) is 0.441. The molecule has 0 rings (SSSR count). The van der Waals surface area contributed by atoms with E-state index in [4.69, 9.17) is 5.73 Å². The van der Waals surface area contributed by atoms with Gasteiger partial charge in [-0.1, -0.05) is 12.2 Å². The molecule has 0 heterocycles. The van der Waals surface area contributed by atoms with Crippen molar-refractivity contribution in [3.8, 4) is 0 Å². The molecule has 0 saturated heterocycles. The van der Waals surface area contributed by atoms with Gasteiger partial charge in [0.25, 0.3) is 0 Å². The summed E-state index contributed by atoms with van der Waals surface area (Å²) in [7, 11) is 3.49. The van der Waals surface area contributed by atoms with Crippen molar-refractivity contribution in [2.75, 3.05) is 27.2 Å². The second-order valence-corrected chi connectivity index (χ2v) is 3.76. The van der Waals surface area contributed by atoms with Gasteiger partial charge in [-0.15, -0.1) is 0 Å². The minimum Gasteiger partial charge on any atom is -0.349 e. The van der Waals surface area contributed by atoms with Crippen LogP contribution in [0.1, 0.15) is 13.3 Å². The molecule has 3 N–H and O–H groups in total. The van der Waals surface area contributed by atoms with Crippen molar-refractivity contribution in [2.45, 2.75) is 19.4 Å². The molecule has 0 fully saturated rings. The number of carbonyl (C=O) groups excluding carboxylic acids is 1. The molecule has 1 amide bonds. The maximum Gasteiger partial charge on any atom is 0.223 e. The third-order valence-corrected chi connectivity index (χ3v) is 1.90. The molecular formula is C10H21N3O. The number of hydrogen-bond acceptors (Lipinski definition) is 3. The largest absolute Gasteiger partial charge is 0.349 e. The lowest BCUT2D eigenvalue weighted by atomic mass is 10.2. The first kappa shape index (κ1) is 13.1. The van der Waals surface area contributed by atoms with E-state index in [1.54, 1.807) is 19.0 Å². The maximum atomic E-state index is 11.4. The lowest BCUT2D eigenvalue weighted by Gasteiger charge is -2.18. The molecule has 0 aromatic carbocycles. The lowest BCUT2D eigenvalue weighted by molar-refractivity contribution is -0.129. The lowest BCUT2D eigenvalue weighted by Crippen LogP contribution is -2.41. The summed E-state index contributed by atoms with van der Waals surface area (Å²) >= 11 is 0. The average molecular weight is 199 g/mol. The van der Waals surface area contributed by atoms with E-state index in [0.29, 0.717) is 19.5 Å². The van der Waals surface area contributed by atoms with Gasteiger partial charge in [-0.05, 0) is 6.92 Å². The Kier molecular flexibility index (Phi) is 6.16. The number of amides is 1. The monoisotopic (exact) mass is 199 g/mol. The number of rotatable bonds is 6. The van der Waals surface area contributed by atoms with Gasteiger partial charge in [0.05, 0.1) is 0 Å². The van der Waals surface area contributed by atoms with Crippen LogP contribution in [0, 0.1) is 0 Å². The Hall–Kier alpha value is -0.870. The zero-order valence-electron chi connectivity index (χ0n) is 9.34. The molecule has 0 saturated carbocycles. The zero-order chi connectivity index (χ0) is 11.1. The van der Waals surface area contributed by atoms with Crippen LogP contribution in [0.5, 0.6) is 0 Å². The Balaban J connectivity index is 3.90. The number of hydrogen-bond donors (Lipinski definition) is 2. The molecule has 0 radical (unpaired) electrons. The molecule has 0 bridgehead atoms. The Morgan fingerprint density at radius 3 is 2.50 bits per heavy atom. The summed E-state index contributed by atoms with van der Waals surface area (Å²) in [6, 6.07) is 0.0431. The highest BCUT2D eigenvalue weighted by molar-refractivity contribution is 5.76. The number of nitrogens with two attached hydrogens (primary N) is 1. The zero-order valence-corrected chi connectivity index (χ0v) is 9.34. The second-order valence-electron chi connectivity index (χ2n) is 3.76. The van der Waals surface area contributed by atoms with E-state index < -0.39 is 0 Å². The van der Waals surface area contributed by atoms with Crippen LogP contribution < -0.4 is 11.1 Å². The standard InChI is InChI=1S/C10H21N3O/c1-8(2)7-12-9(6-11)5-10(14)13(3)4/h9,12H,1,5-7,11H2,2-4H3. The molecule has 0 spiro atoms.